The number of carbonyl (C=O) groups is 1. The summed E-state index contributed by atoms with van der Waals surface area (Å²) in [5.41, 5.74) is 3.06. The van der Waals surface area contributed by atoms with Crippen LogP contribution in [-0.4, -0.2) is 34.3 Å². The summed E-state index contributed by atoms with van der Waals surface area (Å²) in [4.78, 5) is 29.2. The molecule has 0 spiro atoms. The van der Waals surface area contributed by atoms with Gasteiger partial charge in [0.1, 0.15) is 17.3 Å². The Morgan fingerprint density at radius 1 is 1.06 bits per heavy atom. The second-order valence-electron chi connectivity index (χ2n) is 7.06. The Morgan fingerprint density at radius 3 is 2.69 bits per heavy atom. The normalized spacial score (nSPS) is 10.7. The van der Waals surface area contributed by atoms with Gasteiger partial charge in [0.25, 0.3) is 5.56 Å². The van der Waals surface area contributed by atoms with Crippen molar-refractivity contribution in [2.45, 2.75) is 13.0 Å². The summed E-state index contributed by atoms with van der Waals surface area (Å²) >= 11 is 1.58. The van der Waals surface area contributed by atoms with Gasteiger partial charge in [0, 0.05) is 35.5 Å². The van der Waals surface area contributed by atoms with Crippen molar-refractivity contribution in [1.82, 2.24) is 20.1 Å². The largest absolute Gasteiger partial charge is 0.497 e. The molecule has 2 aromatic carbocycles. The molecule has 4 rings (SSSR count). The monoisotopic (exact) mass is 446 g/mol. The second-order valence-corrected chi connectivity index (χ2v) is 7.91. The van der Waals surface area contributed by atoms with E-state index in [-0.39, 0.29) is 18.0 Å². The third-order valence-corrected chi connectivity index (χ3v) is 5.74. The number of hydrogen-bond acceptors (Lipinski definition) is 6. The summed E-state index contributed by atoms with van der Waals surface area (Å²) in [5.74, 6) is 0.415. The maximum absolute atomic E-state index is 12.4. The smallest absolute Gasteiger partial charge is 0.267 e. The molecule has 2 heterocycles. The highest BCUT2D eigenvalue weighted by Crippen LogP contribution is 2.23. The van der Waals surface area contributed by atoms with Crippen molar-refractivity contribution < 1.29 is 9.53 Å². The fourth-order valence-corrected chi connectivity index (χ4v) is 4.02. The molecule has 0 bridgehead atoms. The Hall–Kier alpha value is -3.78. The van der Waals surface area contributed by atoms with E-state index in [2.05, 4.69) is 15.4 Å². The molecular formula is C24H22N4O3S. The lowest BCUT2D eigenvalue weighted by atomic mass is 10.1. The number of aromatic nitrogens is 3. The lowest BCUT2D eigenvalue weighted by Crippen LogP contribution is -2.34. The Labute approximate surface area is 189 Å². The van der Waals surface area contributed by atoms with Crippen molar-refractivity contribution in [2.24, 2.45) is 0 Å². The number of ether oxygens (including phenoxy) is 1. The number of amides is 1. The minimum atomic E-state index is -0.334. The summed E-state index contributed by atoms with van der Waals surface area (Å²) in [6, 6.07) is 20.4. The van der Waals surface area contributed by atoms with Gasteiger partial charge in [-0.1, -0.05) is 42.5 Å². The molecule has 0 aliphatic heterocycles. The third kappa shape index (κ3) is 5.28. The summed E-state index contributed by atoms with van der Waals surface area (Å²) in [5, 5.41) is 10.1. The predicted octanol–water partition coefficient (Wildman–Crippen LogP) is 3.40. The highest BCUT2D eigenvalue weighted by atomic mass is 32.1. The van der Waals surface area contributed by atoms with Crippen molar-refractivity contribution in [3.8, 4) is 27.6 Å². The van der Waals surface area contributed by atoms with Crippen LogP contribution in [0.5, 0.6) is 5.75 Å². The van der Waals surface area contributed by atoms with Crippen molar-refractivity contribution in [3.05, 3.63) is 88.2 Å². The topological polar surface area (TPSA) is 86.1 Å². The molecule has 8 heteroatoms. The zero-order chi connectivity index (χ0) is 22.3. The number of thiazole rings is 1. The van der Waals surface area contributed by atoms with Gasteiger partial charge in [0.05, 0.1) is 18.5 Å². The number of carbonyl (C=O) groups excluding carboxylic acids is 1. The van der Waals surface area contributed by atoms with Gasteiger partial charge in [0.15, 0.2) is 0 Å². The first-order valence-electron chi connectivity index (χ1n) is 10.1. The number of rotatable bonds is 8. The molecule has 0 saturated carbocycles. The van der Waals surface area contributed by atoms with Crippen LogP contribution in [0.25, 0.3) is 21.8 Å². The predicted molar refractivity (Wildman–Crippen MR) is 125 cm³/mol. The lowest BCUT2D eigenvalue weighted by Gasteiger charge is -2.09. The molecule has 1 N–H and O–H groups in total. The quantitative estimate of drug-likeness (QED) is 0.448. The molecule has 0 aliphatic rings. The van der Waals surface area contributed by atoms with Crippen molar-refractivity contribution in [2.75, 3.05) is 13.7 Å². The van der Waals surface area contributed by atoms with Gasteiger partial charge < -0.3 is 10.1 Å². The van der Waals surface area contributed by atoms with E-state index in [0.717, 1.165) is 21.8 Å². The fraction of sp³-hybridized carbons (Fsp3) is 0.167. The van der Waals surface area contributed by atoms with Gasteiger partial charge in [-0.25, -0.2) is 9.67 Å². The van der Waals surface area contributed by atoms with Gasteiger partial charge in [-0.3, -0.25) is 9.59 Å². The van der Waals surface area contributed by atoms with E-state index >= 15 is 0 Å². The van der Waals surface area contributed by atoms with Crippen molar-refractivity contribution >= 4 is 17.2 Å². The SMILES string of the molecule is COc1cccc(-c2ccc(=O)n(CC(=O)NCCc3csc(-c4ccccc4)n3)n2)c1. The molecule has 0 unspecified atom stereocenters. The maximum Gasteiger partial charge on any atom is 0.267 e. The molecule has 4 aromatic rings. The molecule has 162 valence electrons. The number of nitrogens with zero attached hydrogens (tertiary/aromatic N) is 3. The second kappa shape index (κ2) is 10.0. The highest BCUT2D eigenvalue weighted by Gasteiger charge is 2.10. The molecule has 0 saturated heterocycles. The standard InChI is InChI=1S/C24H22N4O3S/c1-31-20-9-5-8-18(14-20)21-10-11-23(30)28(27-21)15-22(29)25-13-12-19-16-32-24(26-19)17-6-3-2-4-7-17/h2-11,14,16H,12-13,15H2,1H3,(H,25,29). The van der Waals surface area contributed by atoms with Crippen LogP contribution < -0.4 is 15.6 Å². The van der Waals surface area contributed by atoms with Gasteiger partial charge in [-0.2, -0.15) is 5.10 Å². The number of hydrogen-bond donors (Lipinski definition) is 1. The van der Waals surface area contributed by atoms with Crippen LogP contribution in [-0.2, 0) is 17.8 Å². The zero-order valence-electron chi connectivity index (χ0n) is 17.5. The Balaban J connectivity index is 1.35. The van der Waals surface area contributed by atoms with Gasteiger partial charge in [-0.15, -0.1) is 11.3 Å². The summed E-state index contributed by atoms with van der Waals surface area (Å²) in [6.45, 7) is 0.282. The number of benzene rings is 2. The maximum atomic E-state index is 12.4. The summed E-state index contributed by atoms with van der Waals surface area (Å²) in [7, 11) is 1.59. The van der Waals surface area contributed by atoms with Crippen LogP contribution in [0.2, 0.25) is 0 Å². The minimum absolute atomic E-state index is 0.150. The first-order valence-corrected chi connectivity index (χ1v) is 11.0. The van der Waals surface area contributed by atoms with Crippen LogP contribution in [0.3, 0.4) is 0 Å². The van der Waals surface area contributed by atoms with E-state index in [9.17, 15) is 9.59 Å². The van der Waals surface area contributed by atoms with Crippen LogP contribution in [0.1, 0.15) is 5.69 Å². The Morgan fingerprint density at radius 2 is 1.88 bits per heavy atom. The molecule has 0 aliphatic carbocycles. The molecule has 2 aromatic heterocycles. The Bertz CT molecular complexity index is 1270. The van der Waals surface area contributed by atoms with Crippen LogP contribution in [0.4, 0.5) is 0 Å². The highest BCUT2D eigenvalue weighted by molar-refractivity contribution is 7.13. The first-order chi connectivity index (χ1) is 15.6. The summed E-state index contributed by atoms with van der Waals surface area (Å²) < 4.78 is 6.40. The van der Waals surface area contributed by atoms with E-state index < -0.39 is 0 Å². The lowest BCUT2D eigenvalue weighted by molar-refractivity contribution is -0.121. The van der Waals surface area contributed by atoms with Gasteiger partial charge >= 0.3 is 0 Å². The molecule has 0 atom stereocenters. The van der Waals surface area contributed by atoms with E-state index in [1.807, 2.05) is 60.0 Å². The number of methoxy groups -OCH3 is 1. The minimum Gasteiger partial charge on any atom is -0.497 e. The molecule has 32 heavy (non-hydrogen) atoms. The van der Waals surface area contributed by atoms with Crippen LogP contribution in [0, 0.1) is 0 Å². The van der Waals surface area contributed by atoms with E-state index in [4.69, 9.17) is 4.74 Å². The van der Waals surface area contributed by atoms with E-state index in [1.165, 1.54) is 10.7 Å². The van der Waals surface area contributed by atoms with Gasteiger partial charge in [-0.05, 0) is 18.2 Å². The number of nitrogens with one attached hydrogen (secondary N) is 1. The molecule has 7 nitrogen and oxygen atoms in total. The van der Waals surface area contributed by atoms with Crippen molar-refractivity contribution in [1.29, 1.82) is 0 Å². The third-order valence-electron chi connectivity index (χ3n) is 4.80. The molecular weight excluding hydrogens is 424 g/mol. The van der Waals surface area contributed by atoms with E-state index in [0.29, 0.717) is 24.4 Å². The Kier molecular flexibility index (Phi) is 6.72. The molecule has 0 fully saturated rings. The van der Waals surface area contributed by atoms with Crippen LogP contribution in [0.15, 0.2) is 76.9 Å². The van der Waals surface area contributed by atoms with Gasteiger partial charge in [0.2, 0.25) is 5.91 Å². The average molecular weight is 447 g/mol. The van der Waals surface area contributed by atoms with Crippen molar-refractivity contribution in [3.63, 3.8) is 0 Å². The average Bonchev–Trinajstić information content (AvgIpc) is 3.30. The summed E-state index contributed by atoms with van der Waals surface area (Å²) in [6.07, 6.45) is 0.612. The fourth-order valence-electron chi connectivity index (χ4n) is 3.16. The van der Waals surface area contributed by atoms with E-state index in [1.54, 1.807) is 24.5 Å². The van der Waals surface area contributed by atoms with Crippen LogP contribution >= 0.6 is 11.3 Å². The molecule has 0 radical (unpaired) electrons. The first kappa shape index (κ1) is 21.5. The molecule has 1 amide bonds. The zero-order valence-corrected chi connectivity index (χ0v) is 18.3.